The van der Waals surface area contributed by atoms with Crippen molar-refractivity contribution in [3.63, 3.8) is 0 Å². The molecule has 8 heteroatoms. The van der Waals surface area contributed by atoms with E-state index in [1.165, 1.54) is 4.90 Å². The van der Waals surface area contributed by atoms with Crippen LogP contribution in [0.3, 0.4) is 0 Å². The second kappa shape index (κ2) is 5.38. The summed E-state index contributed by atoms with van der Waals surface area (Å²) in [6.07, 6.45) is -0.977. The van der Waals surface area contributed by atoms with Gasteiger partial charge in [0, 0.05) is 24.1 Å². The lowest BCUT2D eigenvalue weighted by Crippen LogP contribution is -2.57. The van der Waals surface area contributed by atoms with Crippen LogP contribution in [-0.4, -0.2) is 59.2 Å². The van der Waals surface area contributed by atoms with E-state index < -0.39 is 6.09 Å². The molecule has 2 aliphatic rings. The zero-order valence-electron chi connectivity index (χ0n) is 10.9. The Labute approximate surface area is 134 Å². The molecule has 3 rings (SSSR count). The van der Waals surface area contributed by atoms with E-state index >= 15 is 0 Å². The molecule has 0 saturated carbocycles. The molecule has 1 saturated heterocycles. The van der Waals surface area contributed by atoms with Crippen molar-refractivity contribution in [2.24, 2.45) is 0 Å². The number of carbonyl (C=O) groups excluding carboxylic acids is 1. The summed E-state index contributed by atoms with van der Waals surface area (Å²) in [5.41, 5.74) is 0.412. The minimum atomic E-state index is -0.977. The van der Waals surface area contributed by atoms with E-state index in [2.05, 4.69) is 15.9 Å². The summed E-state index contributed by atoms with van der Waals surface area (Å²) in [4.78, 5) is 26.6. The van der Waals surface area contributed by atoms with Crippen LogP contribution in [-0.2, 0) is 0 Å². The largest absolute Gasteiger partial charge is 0.490 e. The summed E-state index contributed by atoms with van der Waals surface area (Å²) < 4.78 is 6.34. The molecule has 1 aromatic carbocycles. The number of rotatable bonds is 0. The highest BCUT2D eigenvalue weighted by atomic mass is 79.9. The van der Waals surface area contributed by atoms with Crippen LogP contribution in [0, 0.1) is 0 Å². The van der Waals surface area contributed by atoms with Crippen LogP contribution in [0.25, 0.3) is 0 Å². The smallest absolute Gasteiger partial charge is 0.407 e. The van der Waals surface area contributed by atoms with Crippen molar-refractivity contribution in [3.8, 4) is 5.75 Å². The Morgan fingerprint density at radius 3 is 2.90 bits per heavy atom. The van der Waals surface area contributed by atoms with Gasteiger partial charge >= 0.3 is 6.09 Å². The fourth-order valence-corrected chi connectivity index (χ4v) is 3.08. The molecular weight excluding hydrogens is 364 g/mol. The number of carboxylic acid groups (broad SMARTS) is 1. The van der Waals surface area contributed by atoms with Gasteiger partial charge in [-0.05, 0) is 28.1 Å². The third-order valence-electron chi connectivity index (χ3n) is 3.70. The first-order valence-corrected chi connectivity index (χ1v) is 7.55. The standard InChI is InChI=1S/C13H12BrClN2O4/c14-9-4-11-8(3-10(9)15)12(18)17-2-1-16(13(19)20)5-7(17)6-21-11/h3-4,7H,1-2,5-6H2,(H,19,20)/t7-/m0/s1. The third-order valence-corrected chi connectivity index (χ3v) is 4.90. The number of nitrogens with zero attached hydrogens (tertiary/aromatic N) is 2. The van der Waals surface area contributed by atoms with Crippen LogP contribution in [0.15, 0.2) is 16.6 Å². The van der Waals surface area contributed by atoms with Crippen molar-refractivity contribution in [2.45, 2.75) is 6.04 Å². The van der Waals surface area contributed by atoms with Crippen molar-refractivity contribution in [1.82, 2.24) is 9.80 Å². The van der Waals surface area contributed by atoms with Crippen molar-refractivity contribution in [3.05, 3.63) is 27.2 Å². The average Bonchev–Trinajstić information content (AvgIpc) is 2.58. The van der Waals surface area contributed by atoms with Crippen molar-refractivity contribution in [2.75, 3.05) is 26.2 Å². The topological polar surface area (TPSA) is 70.1 Å². The number of piperazine rings is 1. The number of ether oxygens (including phenoxy) is 1. The number of amides is 2. The Balaban J connectivity index is 1.93. The van der Waals surface area contributed by atoms with Gasteiger partial charge in [-0.1, -0.05) is 11.6 Å². The van der Waals surface area contributed by atoms with Crippen molar-refractivity contribution in [1.29, 1.82) is 0 Å². The fraction of sp³-hybridized carbons (Fsp3) is 0.385. The molecule has 2 amide bonds. The summed E-state index contributed by atoms with van der Waals surface area (Å²) in [6.45, 7) is 1.17. The average molecular weight is 376 g/mol. The Morgan fingerprint density at radius 2 is 2.19 bits per heavy atom. The Bertz CT molecular complexity index is 624. The van der Waals surface area contributed by atoms with E-state index in [9.17, 15) is 9.59 Å². The van der Waals surface area contributed by atoms with Crippen molar-refractivity contribution < 1.29 is 19.4 Å². The van der Waals surface area contributed by atoms with Gasteiger partial charge in [-0.25, -0.2) is 4.79 Å². The highest BCUT2D eigenvalue weighted by molar-refractivity contribution is 9.10. The number of hydrogen-bond donors (Lipinski definition) is 1. The van der Waals surface area contributed by atoms with Gasteiger partial charge in [0.15, 0.2) is 0 Å². The first kappa shape index (κ1) is 14.5. The number of carbonyl (C=O) groups is 2. The molecular formula is C13H12BrClN2O4. The molecule has 0 bridgehead atoms. The van der Waals surface area contributed by atoms with Crippen LogP contribution in [0.1, 0.15) is 10.4 Å². The summed E-state index contributed by atoms with van der Waals surface area (Å²) in [5.74, 6) is 0.291. The number of benzene rings is 1. The molecule has 2 heterocycles. The summed E-state index contributed by atoms with van der Waals surface area (Å²) in [5, 5.41) is 9.51. The predicted molar refractivity (Wildman–Crippen MR) is 79.1 cm³/mol. The SMILES string of the molecule is O=C(O)N1CCN2C(=O)c3cc(Cl)c(Br)cc3OC[C@@H]2C1. The van der Waals surface area contributed by atoms with Gasteiger partial charge in [-0.2, -0.15) is 0 Å². The molecule has 1 atom stereocenters. The molecule has 112 valence electrons. The Kier molecular flexibility index (Phi) is 3.71. The number of halogens is 2. The first-order chi connectivity index (χ1) is 9.97. The normalized spacial score (nSPS) is 21.2. The van der Waals surface area contributed by atoms with Gasteiger partial charge in [0.1, 0.15) is 12.4 Å². The van der Waals surface area contributed by atoms with Gasteiger partial charge in [-0.15, -0.1) is 0 Å². The molecule has 1 N–H and O–H groups in total. The zero-order chi connectivity index (χ0) is 15.1. The molecule has 0 unspecified atom stereocenters. The van der Waals surface area contributed by atoms with E-state index in [4.69, 9.17) is 21.4 Å². The summed E-state index contributed by atoms with van der Waals surface area (Å²) in [7, 11) is 0. The lowest BCUT2D eigenvalue weighted by molar-refractivity contribution is 0.0390. The van der Waals surface area contributed by atoms with Crippen LogP contribution < -0.4 is 4.74 Å². The zero-order valence-corrected chi connectivity index (χ0v) is 13.2. The van der Waals surface area contributed by atoms with Crippen LogP contribution >= 0.6 is 27.5 Å². The van der Waals surface area contributed by atoms with Crippen molar-refractivity contribution >= 4 is 39.5 Å². The van der Waals surface area contributed by atoms with E-state index in [0.29, 0.717) is 33.9 Å². The fourth-order valence-electron chi connectivity index (χ4n) is 2.59. The molecule has 6 nitrogen and oxygen atoms in total. The van der Waals surface area contributed by atoms with Gasteiger partial charge in [0.25, 0.3) is 5.91 Å². The maximum absolute atomic E-state index is 12.6. The highest BCUT2D eigenvalue weighted by Gasteiger charge is 2.36. The molecule has 1 aromatic rings. The second-order valence-electron chi connectivity index (χ2n) is 4.95. The minimum Gasteiger partial charge on any atom is -0.490 e. The minimum absolute atomic E-state index is 0.174. The van der Waals surface area contributed by atoms with Crippen LogP contribution in [0.4, 0.5) is 4.79 Å². The molecule has 1 fully saturated rings. The second-order valence-corrected chi connectivity index (χ2v) is 6.22. The predicted octanol–water partition coefficient (Wildman–Crippen LogP) is 2.30. The van der Waals surface area contributed by atoms with E-state index in [1.54, 1.807) is 17.0 Å². The maximum Gasteiger partial charge on any atom is 0.407 e. The maximum atomic E-state index is 12.6. The lowest BCUT2D eigenvalue weighted by Gasteiger charge is -2.38. The van der Waals surface area contributed by atoms with Crippen LogP contribution in [0.2, 0.25) is 5.02 Å². The third kappa shape index (κ3) is 2.55. The van der Waals surface area contributed by atoms with Gasteiger partial charge in [0.05, 0.1) is 16.6 Å². The van der Waals surface area contributed by atoms with Gasteiger partial charge in [-0.3, -0.25) is 4.79 Å². The number of hydrogen-bond acceptors (Lipinski definition) is 3. The lowest BCUT2D eigenvalue weighted by atomic mass is 10.1. The van der Waals surface area contributed by atoms with Gasteiger partial charge in [0.2, 0.25) is 0 Å². The molecule has 21 heavy (non-hydrogen) atoms. The monoisotopic (exact) mass is 374 g/mol. The molecule has 0 aliphatic carbocycles. The molecule has 2 aliphatic heterocycles. The molecule has 0 aromatic heterocycles. The Hall–Kier alpha value is -1.47. The number of fused-ring (bicyclic) bond motifs is 2. The van der Waals surface area contributed by atoms with E-state index in [0.717, 1.165) is 0 Å². The molecule has 0 radical (unpaired) electrons. The Morgan fingerprint density at radius 1 is 1.43 bits per heavy atom. The first-order valence-electron chi connectivity index (χ1n) is 6.38. The van der Waals surface area contributed by atoms with E-state index in [1.807, 2.05) is 0 Å². The summed E-state index contributed by atoms with van der Waals surface area (Å²) in [6, 6.07) is 2.96. The summed E-state index contributed by atoms with van der Waals surface area (Å²) >= 11 is 9.35. The van der Waals surface area contributed by atoms with E-state index in [-0.39, 0.29) is 25.1 Å². The van der Waals surface area contributed by atoms with Gasteiger partial charge < -0.3 is 19.6 Å². The highest BCUT2D eigenvalue weighted by Crippen LogP contribution is 2.34. The quantitative estimate of drug-likeness (QED) is 0.755. The van der Waals surface area contributed by atoms with Crippen LogP contribution in [0.5, 0.6) is 5.75 Å². The molecule has 0 spiro atoms.